The highest BCUT2D eigenvalue weighted by atomic mass is 32.2. The van der Waals surface area contributed by atoms with Gasteiger partial charge in [0.25, 0.3) is 9.84 Å². The molecule has 1 unspecified atom stereocenters. The van der Waals surface area contributed by atoms with Crippen molar-refractivity contribution in [1.82, 2.24) is 0 Å². The van der Waals surface area contributed by atoms with E-state index < -0.39 is 32.2 Å². The van der Waals surface area contributed by atoms with Gasteiger partial charge in [-0.25, -0.2) is 12.8 Å². The number of rotatable bonds is 3. The van der Waals surface area contributed by atoms with Crippen molar-refractivity contribution in [3.8, 4) is 0 Å². The minimum atomic E-state index is -5.63. The van der Waals surface area contributed by atoms with E-state index in [-0.39, 0.29) is 12.0 Å². The molecule has 0 radical (unpaired) electrons. The first-order chi connectivity index (χ1) is 8.05. The van der Waals surface area contributed by atoms with Crippen molar-refractivity contribution in [2.75, 3.05) is 0 Å². The maximum Gasteiger partial charge on any atom is 0.501 e. The molecule has 0 aliphatic heterocycles. The molecule has 102 valence electrons. The lowest BCUT2D eigenvalue weighted by atomic mass is 10.1. The van der Waals surface area contributed by atoms with Crippen LogP contribution in [-0.2, 0) is 16.3 Å². The van der Waals surface area contributed by atoms with Crippen LogP contribution in [0.25, 0.3) is 0 Å². The van der Waals surface area contributed by atoms with Gasteiger partial charge < -0.3 is 5.11 Å². The number of hydrogen-bond acceptors (Lipinski definition) is 3. The molecular weight excluding hydrogens is 276 g/mol. The maximum atomic E-state index is 12.9. The van der Waals surface area contributed by atoms with Crippen LogP contribution in [0.15, 0.2) is 23.1 Å². The highest BCUT2D eigenvalue weighted by Crippen LogP contribution is 2.33. The number of hydrogen-bond donors (Lipinski definition) is 1. The smallest absolute Gasteiger partial charge is 0.393 e. The van der Waals surface area contributed by atoms with E-state index >= 15 is 0 Å². The number of alkyl halides is 3. The third-order valence-electron chi connectivity index (χ3n) is 2.14. The third-order valence-corrected chi connectivity index (χ3v) is 3.71. The van der Waals surface area contributed by atoms with Gasteiger partial charge >= 0.3 is 5.51 Å². The molecule has 18 heavy (non-hydrogen) atoms. The van der Waals surface area contributed by atoms with Crippen LogP contribution in [0, 0.1) is 5.82 Å². The van der Waals surface area contributed by atoms with E-state index in [1.807, 2.05) is 0 Å². The Morgan fingerprint density at radius 3 is 2.33 bits per heavy atom. The highest BCUT2D eigenvalue weighted by Gasteiger charge is 2.48. The fraction of sp³-hybridized carbons (Fsp3) is 0.400. The molecule has 1 rings (SSSR count). The molecule has 0 saturated heterocycles. The molecule has 0 fully saturated rings. The van der Waals surface area contributed by atoms with Crippen LogP contribution in [0.4, 0.5) is 17.6 Å². The molecule has 3 nitrogen and oxygen atoms in total. The summed E-state index contributed by atoms with van der Waals surface area (Å²) in [5.74, 6) is -1.09. The topological polar surface area (TPSA) is 54.4 Å². The van der Waals surface area contributed by atoms with Crippen molar-refractivity contribution >= 4 is 9.84 Å². The summed E-state index contributed by atoms with van der Waals surface area (Å²) in [6.07, 6.45) is -1.36. The van der Waals surface area contributed by atoms with E-state index in [9.17, 15) is 26.0 Å². The molecule has 0 heterocycles. The molecule has 0 aliphatic rings. The van der Waals surface area contributed by atoms with Crippen LogP contribution in [-0.4, -0.2) is 25.1 Å². The Morgan fingerprint density at radius 1 is 1.33 bits per heavy atom. The van der Waals surface area contributed by atoms with Crippen molar-refractivity contribution in [2.24, 2.45) is 0 Å². The predicted octanol–water partition coefficient (Wildman–Crippen LogP) is 2.04. The average Bonchev–Trinajstić information content (AvgIpc) is 2.18. The van der Waals surface area contributed by atoms with E-state index in [0.717, 1.165) is 12.1 Å². The van der Waals surface area contributed by atoms with Crippen LogP contribution < -0.4 is 0 Å². The first-order valence-corrected chi connectivity index (χ1v) is 6.32. The Labute approximate surface area is 101 Å². The lowest BCUT2D eigenvalue weighted by molar-refractivity contribution is -0.0436. The molecular formula is C10H10F4O3S. The van der Waals surface area contributed by atoms with Gasteiger partial charge in [-0.15, -0.1) is 0 Å². The second-order valence-electron chi connectivity index (χ2n) is 3.75. The van der Waals surface area contributed by atoms with Gasteiger partial charge in [0.05, 0.1) is 11.0 Å². The van der Waals surface area contributed by atoms with E-state index in [4.69, 9.17) is 5.11 Å². The molecule has 1 aromatic rings. The number of sulfone groups is 1. The zero-order valence-electron chi connectivity index (χ0n) is 9.20. The SMILES string of the molecule is CC(O)Cc1ccc(F)cc1S(=O)(=O)C(F)(F)F. The summed E-state index contributed by atoms with van der Waals surface area (Å²) in [4.78, 5) is -1.16. The Morgan fingerprint density at radius 2 is 1.89 bits per heavy atom. The zero-order valence-corrected chi connectivity index (χ0v) is 10.0. The van der Waals surface area contributed by atoms with Crippen LogP contribution in [0.2, 0.25) is 0 Å². The molecule has 0 aliphatic carbocycles. The fourth-order valence-electron chi connectivity index (χ4n) is 1.39. The average molecular weight is 286 g/mol. The number of halogens is 4. The van der Waals surface area contributed by atoms with Crippen molar-refractivity contribution in [3.63, 3.8) is 0 Å². The number of benzene rings is 1. The van der Waals surface area contributed by atoms with E-state index in [1.54, 1.807) is 0 Å². The molecule has 0 bridgehead atoms. The van der Waals surface area contributed by atoms with Crippen molar-refractivity contribution in [2.45, 2.75) is 29.9 Å². The van der Waals surface area contributed by atoms with E-state index in [2.05, 4.69) is 0 Å². The molecule has 0 saturated carbocycles. The van der Waals surface area contributed by atoms with Crippen LogP contribution in [0.3, 0.4) is 0 Å². The predicted molar refractivity (Wildman–Crippen MR) is 55.0 cm³/mol. The summed E-state index contributed by atoms with van der Waals surface area (Å²) >= 11 is 0. The van der Waals surface area contributed by atoms with Crippen molar-refractivity contribution < 1.29 is 31.1 Å². The maximum absolute atomic E-state index is 12.9. The summed E-state index contributed by atoms with van der Waals surface area (Å²) < 4.78 is 72.6. The van der Waals surface area contributed by atoms with Gasteiger partial charge in [-0.3, -0.25) is 0 Å². The summed E-state index contributed by atoms with van der Waals surface area (Å²) in [6, 6.07) is 2.06. The first kappa shape index (κ1) is 14.9. The van der Waals surface area contributed by atoms with E-state index in [1.165, 1.54) is 6.92 Å². The molecule has 0 spiro atoms. The van der Waals surface area contributed by atoms with Crippen LogP contribution >= 0.6 is 0 Å². The van der Waals surface area contributed by atoms with Gasteiger partial charge in [0.1, 0.15) is 5.82 Å². The van der Waals surface area contributed by atoms with E-state index in [0.29, 0.717) is 6.07 Å². The van der Waals surface area contributed by atoms with Gasteiger partial charge in [-0.1, -0.05) is 6.07 Å². The Hall–Kier alpha value is -1.15. The second-order valence-corrected chi connectivity index (χ2v) is 5.66. The fourth-order valence-corrected chi connectivity index (χ4v) is 2.40. The monoisotopic (exact) mass is 286 g/mol. The minimum absolute atomic E-state index is 0.274. The van der Waals surface area contributed by atoms with Crippen LogP contribution in [0.5, 0.6) is 0 Å². The second kappa shape index (κ2) is 4.85. The first-order valence-electron chi connectivity index (χ1n) is 4.83. The lowest BCUT2D eigenvalue weighted by Gasteiger charge is -2.13. The van der Waals surface area contributed by atoms with Crippen LogP contribution in [0.1, 0.15) is 12.5 Å². The lowest BCUT2D eigenvalue weighted by Crippen LogP contribution is -2.25. The molecule has 1 aromatic carbocycles. The Bertz CT molecular complexity index is 535. The molecule has 0 amide bonds. The summed E-state index contributed by atoms with van der Waals surface area (Å²) in [5.41, 5.74) is -5.78. The van der Waals surface area contributed by atoms with Gasteiger partial charge in [0.15, 0.2) is 0 Å². The minimum Gasteiger partial charge on any atom is -0.393 e. The summed E-state index contributed by atoms with van der Waals surface area (Å²) in [5, 5.41) is 9.10. The quantitative estimate of drug-likeness (QED) is 0.865. The molecule has 1 N–H and O–H groups in total. The Kier molecular flexibility index (Phi) is 4.02. The standard InChI is InChI=1S/C10H10F4O3S/c1-6(15)4-7-2-3-8(11)5-9(7)18(16,17)10(12,13)14/h2-3,5-6,15H,4H2,1H3. The Balaban J connectivity index is 3.43. The summed E-state index contributed by atoms with van der Waals surface area (Å²) in [6.45, 7) is 1.29. The molecule has 0 aromatic heterocycles. The van der Waals surface area contributed by atoms with Crippen molar-refractivity contribution in [3.05, 3.63) is 29.6 Å². The number of aliphatic hydroxyl groups excluding tert-OH is 1. The van der Waals surface area contributed by atoms with Gasteiger partial charge in [-0.05, 0) is 31.0 Å². The molecule has 8 heteroatoms. The summed E-state index contributed by atoms with van der Waals surface area (Å²) in [7, 11) is -5.63. The molecule has 1 atom stereocenters. The van der Waals surface area contributed by atoms with Gasteiger partial charge in [0, 0.05) is 0 Å². The third kappa shape index (κ3) is 2.99. The highest BCUT2D eigenvalue weighted by molar-refractivity contribution is 7.92. The largest absolute Gasteiger partial charge is 0.501 e. The number of aliphatic hydroxyl groups is 1. The zero-order chi connectivity index (χ0) is 14.1. The van der Waals surface area contributed by atoms with Crippen molar-refractivity contribution in [1.29, 1.82) is 0 Å². The van der Waals surface area contributed by atoms with Gasteiger partial charge in [-0.2, -0.15) is 13.2 Å². The van der Waals surface area contributed by atoms with Gasteiger partial charge in [0.2, 0.25) is 0 Å². The normalized spacial score (nSPS) is 14.6.